The number of para-hydroxylation sites is 1. The van der Waals surface area contributed by atoms with Crippen LogP contribution in [0.3, 0.4) is 0 Å². The summed E-state index contributed by atoms with van der Waals surface area (Å²) in [6, 6.07) is 19.2. The van der Waals surface area contributed by atoms with E-state index in [9.17, 15) is 5.21 Å². The number of oxime groups is 1. The predicted octanol–water partition coefficient (Wildman–Crippen LogP) is 2.63. The number of nitrogens with zero attached hydrogens (tertiary/aromatic N) is 5. The van der Waals surface area contributed by atoms with Crippen molar-refractivity contribution < 1.29 is 5.21 Å². The minimum Gasteiger partial charge on any atom is -0.411 e. The fourth-order valence-electron chi connectivity index (χ4n) is 1.93. The fourth-order valence-corrected chi connectivity index (χ4v) is 2.78. The van der Waals surface area contributed by atoms with E-state index < -0.39 is 0 Å². The molecule has 0 bridgehead atoms. The second-order valence-electron chi connectivity index (χ2n) is 4.41. The van der Waals surface area contributed by atoms with E-state index in [1.807, 2.05) is 60.7 Å². The van der Waals surface area contributed by atoms with E-state index in [1.165, 1.54) is 11.8 Å². The Morgan fingerprint density at radius 2 is 1.73 bits per heavy atom. The van der Waals surface area contributed by atoms with Crippen molar-refractivity contribution in [1.29, 1.82) is 0 Å². The van der Waals surface area contributed by atoms with Gasteiger partial charge in [0, 0.05) is 11.3 Å². The largest absolute Gasteiger partial charge is 0.411 e. The summed E-state index contributed by atoms with van der Waals surface area (Å²) < 4.78 is 1.66. The summed E-state index contributed by atoms with van der Waals surface area (Å²) in [4.78, 5) is 0. The van der Waals surface area contributed by atoms with Gasteiger partial charge < -0.3 is 5.21 Å². The van der Waals surface area contributed by atoms with Crippen LogP contribution in [0.2, 0.25) is 0 Å². The summed E-state index contributed by atoms with van der Waals surface area (Å²) in [5.74, 6) is 0.466. The third-order valence-electron chi connectivity index (χ3n) is 3.01. The molecule has 1 heterocycles. The fraction of sp³-hybridized carbons (Fsp3) is 0.0667. The van der Waals surface area contributed by atoms with Gasteiger partial charge in [0.15, 0.2) is 0 Å². The molecule has 1 N–H and O–H groups in total. The maximum absolute atomic E-state index is 9.21. The van der Waals surface area contributed by atoms with Gasteiger partial charge in [0.2, 0.25) is 5.16 Å². The number of hydrogen-bond donors (Lipinski definition) is 1. The van der Waals surface area contributed by atoms with Crippen LogP contribution in [0.4, 0.5) is 0 Å². The topological polar surface area (TPSA) is 76.2 Å². The quantitative estimate of drug-likeness (QED) is 0.339. The first-order valence-electron chi connectivity index (χ1n) is 6.61. The van der Waals surface area contributed by atoms with E-state index in [0.29, 0.717) is 16.6 Å². The lowest BCUT2D eigenvalue weighted by atomic mass is 10.1. The van der Waals surface area contributed by atoms with Crippen LogP contribution >= 0.6 is 11.8 Å². The van der Waals surface area contributed by atoms with Gasteiger partial charge in [-0.3, -0.25) is 0 Å². The summed E-state index contributed by atoms with van der Waals surface area (Å²) in [6.45, 7) is 0. The second kappa shape index (κ2) is 6.86. The molecule has 0 unspecified atom stereocenters. The maximum atomic E-state index is 9.21. The summed E-state index contributed by atoms with van der Waals surface area (Å²) in [5, 5.41) is 25.0. The Labute approximate surface area is 131 Å². The molecular formula is C15H13N5OS. The van der Waals surface area contributed by atoms with Gasteiger partial charge in [-0.05, 0) is 22.6 Å². The third-order valence-corrected chi connectivity index (χ3v) is 3.94. The highest BCUT2D eigenvalue weighted by molar-refractivity contribution is 7.99. The van der Waals surface area contributed by atoms with Gasteiger partial charge in [-0.15, -0.1) is 5.10 Å². The molecule has 22 heavy (non-hydrogen) atoms. The van der Waals surface area contributed by atoms with Crippen LogP contribution < -0.4 is 0 Å². The molecule has 3 rings (SSSR count). The standard InChI is InChI=1S/C15H13N5OS/c21-17-14(12-7-3-1-4-8-12)11-22-15-16-18-19-20(15)13-9-5-2-6-10-13/h1-10,21H,11H2/b17-14-. The Bertz CT molecular complexity index is 758. The first-order valence-corrected chi connectivity index (χ1v) is 7.60. The van der Waals surface area contributed by atoms with Crippen molar-refractivity contribution in [3.63, 3.8) is 0 Å². The van der Waals surface area contributed by atoms with Crippen molar-refractivity contribution in [1.82, 2.24) is 20.2 Å². The van der Waals surface area contributed by atoms with Crippen molar-refractivity contribution in [3.05, 3.63) is 66.2 Å². The minimum atomic E-state index is 0.466. The van der Waals surface area contributed by atoms with Gasteiger partial charge in [0.1, 0.15) is 0 Å². The van der Waals surface area contributed by atoms with Crippen LogP contribution in [0.5, 0.6) is 0 Å². The third kappa shape index (κ3) is 3.15. The average Bonchev–Trinajstić information content (AvgIpc) is 3.06. The summed E-state index contributed by atoms with van der Waals surface area (Å²) in [6.07, 6.45) is 0. The monoisotopic (exact) mass is 311 g/mol. The Morgan fingerprint density at radius 1 is 1.05 bits per heavy atom. The molecule has 0 spiro atoms. The molecular weight excluding hydrogens is 298 g/mol. The number of tetrazole rings is 1. The number of rotatable bonds is 5. The molecule has 0 amide bonds. The Morgan fingerprint density at radius 3 is 2.41 bits per heavy atom. The Hall–Kier alpha value is -2.67. The minimum absolute atomic E-state index is 0.466. The zero-order valence-electron chi connectivity index (χ0n) is 11.6. The Balaban J connectivity index is 1.77. The van der Waals surface area contributed by atoms with Crippen molar-refractivity contribution in [2.45, 2.75) is 5.16 Å². The first-order chi connectivity index (χ1) is 10.9. The van der Waals surface area contributed by atoms with Crippen molar-refractivity contribution in [3.8, 4) is 5.69 Å². The van der Waals surface area contributed by atoms with E-state index >= 15 is 0 Å². The molecule has 0 saturated heterocycles. The summed E-state index contributed by atoms with van der Waals surface area (Å²) in [7, 11) is 0. The number of benzene rings is 2. The molecule has 7 heteroatoms. The predicted molar refractivity (Wildman–Crippen MR) is 84.6 cm³/mol. The molecule has 0 radical (unpaired) electrons. The number of aromatic nitrogens is 4. The van der Waals surface area contributed by atoms with Gasteiger partial charge >= 0.3 is 0 Å². The highest BCUT2D eigenvalue weighted by atomic mass is 32.2. The van der Waals surface area contributed by atoms with Crippen LogP contribution in [-0.2, 0) is 0 Å². The smallest absolute Gasteiger partial charge is 0.214 e. The van der Waals surface area contributed by atoms with Gasteiger partial charge in [0.05, 0.1) is 11.4 Å². The van der Waals surface area contributed by atoms with E-state index in [-0.39, 0.29) is 0 Å². The average molecular weight is 311 g/mol. The zero-order chi connectivity index (χ0) is 15.2. The lowest BCUT2D eigenvalue weighted by Crippen LogP contribution is -2.06. The maximum Gasteiger partial charge on any atom is 0.214 e. The molecule has 2 aromatic carbocycles. The van der Waals surface area contributed by atoms with Gasteiger partial charge in [-0.25, -0.2) is 0 Å². The van der Waals surface area contributed by atoms with Crippen molar-refractivity contribution >= 4 is 17.5 Å². The van der Waals surface area contributed by atoms with Crippen molar-refractivity contribution in [2.24, 2.45) is 5.16 Å². The molecule has 110 valence electrons. The number of thioether (sulfide) groups is 1. The SMILES string of the molecule is O/N=C(/CSc1nnnn1-c1ccccc1)c1ccccc1. The van der Waals surface area contributed by atoms with E-state index in [0.717, 1.165) is 11.3 Å². The molecule has 0 atom stereocenters. The molecule has 1 aromatic heterocycles. The van der Waals surface area contributed by atoms with Crippen LogP contribution in [0.25, 0.3) is 5.69 Å². The van der Waals surface area contributed by atoms with Gasteiger partial charge in [0.25, 0.3) is 0 Å². The highest BCUT2D eigenvalue weighted by Gasteiger charge is 2.11. The zero-order valence-corrected chi connectivity index (χ0v) is 12.4. The molecule has 0 aliphatic heterocycles. The van der Waals surface area contributed by atoms with Crippen LogP contribution in [-0.4, -0.2) is 36.9 Å². The van der Waals surface area contributed by atoms with E-state index in [4.69, 9.17) is 0 Å². The second-order valence-corrected chi connectivity index (χ2v) is 5.35. The molecule has 3 aromatic rings. The summed E-state index contributed by atoms with van der Waals surface area (Å²) >= 11 is 1.41. The van der Waals surface area contributed by atoms with E-state index in [2.05, 4.69) is 20.7 Å². The van der Waals surface area contributed by atoms with Gasteiger partial charge in [-0.2, -0.15) is 4.68 Å². The molecule has 0 saturated carbocycles. The van der Waals surface area contributed by atoms with Crippen LogP contribution in [0.15, 0.2) is 71.0 Å². The van der Waals surface area contributed by atoms with Gasteiger partial charge in [-0.1, -0.05) is 65.4 Å². The highest BCUT2D eigenvalue weighted by Crippen LogP contribution is 2.19. The van der Waals surface area contributed by atoms with Crippen LogP contribution in [0, 0.1) is 0 Å². The first kappa shape index (κ1) is 14.3. The lowest BCUT2D eigenvalue weighted by molar-refractivity contribution is 0.319. The summed E-state index contributed by atoms with van der Waals surface area (Å²) in [5.41, 5.74) is 2.33. The lowest BCUT2D eigenvalue weighted by Gasteiger charge is -2.05. The number of hydrogen-bond acceptors (Lipinski definition) is 6. The Kier molecular flexibility index (Phi) is 4.45. The molecule has 0 fully saturated rings. The van der Waals surface area contributed by atoms with E-state index in [1.54, 1.807) is 4.68 Å². The van der Waals surface area contributed by atoms with Crippen LogP contribution in [0.1, 0.15) is 5.56 Å². The molecule has 0 aliphatic rings. The molecule has 0 aliphatic carbocycles. The molecule has 6 nitrogen and oxygen atoms in total. The normalized spacial score (nSPS) is 11.5. The van der Waals surface area contributed by atoms with Crippen molar-refractivity contribution in [2.75, 3.05) is 5.75 Å².